The molecule has 8 heteroatoms. The Morgan fingerprint density at radius 2 is 1.73 bits per heavy atom. The second-order valence-corrected chi connectivity index (χ2v) is 9.49. The van der Waals surface area contributed by atoms with E-state index in [0.29, 0.717) is 19.3 Å². The number of likely N-dealkylation sites (tertiary alicyclic amines) is 1. The Hall–Kier alpha value is -3.13. The zero-order chi connectivity index (χ0) is 24.0. The van der Waals surface area contributed by atoms with Crippen molar-refractivity contribution in [2.24, 2.45) is 0 Å². The summed E-state index contributed by atoms with van der Waals surface area (Å²) in [4.78, 5) is 50.9. The van der Waals surface area contributed by atoms with Crippen LogP contribution in [-0.2, 0) is 25.6 Å². The number of carbonyl (C=O) groups is 4. The molecule has 2 unspecified atom stereocenters. The van der Waals surface area contributed by atoms with Crippen LogP contribution < -0.4 is 5.32 Å². The first-order valence-electron chi connectivity index (χ1n) is 10.9. The maximum atomic E-state index is 13.1. The van der Waals surface area contributed by atoms with Crippen LogP contribution in [0.5, 0.6) is 0 Å². The lowest BCUT2D eigenvalue weighted by atomic mass is 9.99. The molecule has 0 saturated carbocycles. The van der Waals surface area contributed by atoms with E-state index in [2.05, 4.69) is 5.32 Å². The highest BCUT2D eigenvalue weighted by atomic mass is 32.2. The molecule has 3 atom stereocenters. The molecule has 1 aliphatic rings. The van der Waals surface area contributed by atoms with E-state index in [1.807, 2.05) is 61.5 Å². The van der Waals surface area contributed by atoms with Crippen molar-refractivity contribution in [1.82, 2.24) is 10.2 Å². The van der Waals surface area contributed by atoms with Gasteiger partial charge in [0, 0.05) is 6.92 Å². The number of amides is 2. The molecule has 174 valence electrons. The van der Waals surface area contributed by atoms with Crippen molar-refractivity contribution in [3.8, 4) is 0 Å². The van der Waals surface area contributed by atoms with Gasteiger partial charge in [-0.3, -0.25) is 14.4 Å². The number of aryl methyl sites for hydroxylation is 1. The summed E-state index contributed by atoms with van der Waals surface area (Å²) in [5.41, 5.74) is 2.80. The van der Waals surface area contributed by atoms with Gasteiger partial charge in [0.15, 0.2) is 5.12 Å². The van der Waals surface area contributed by atoms with Gasteiger partial charge < -0.3 is 15.3 Å². The van der Waals surface area contributed by atoms with Crippen LogP contribution in [-0.4, -0.2) is 50.7 Å². The van der Waals surface area contributed by atoms with Crippen LogP contribution in [0.4, 0.5) is 0 Å². The van der Waals surface area contributed by atoms with Crippen molar-refractivity contribution in [2.45, 2.75) is 50.4 Å². The van der Waals surface area contributed by atoms with Crippen LogP contribution in [0.2, 0.25) is 0 Å². The molecule has 3 rings (SSSR count). The molecular weight excluding hydrogens is 440 g/mol. The fourth-order valence-electron chi connectivity index (χ4n) is 4.25. The van der Waals surface area contributed by atoms with E-state index in [-0.39, 0.29) is 17.7 Å². The van der Waals surface area contributed by atoms with E-state index in [4.69, 9.17) is 0 Å². The quantitative estimate of drug-likeness (QED) is 0.617. The predicted octanol–water partition coefficient (Wildman–Crippen LogP) is 3.12. The fourth-order valence-corrected chi connectivity index (χ4v) is 5.12. The lowest BCUT2D eigenvalue weighted by Crippen LogP contribution is -2.48. The second kappa shape index (κ2) is 11.1. The Labute approximate surface area is 197 Å². The number of nitrogens with one attached hydrogen (secondary N) is 1. The van der Waals surface area contributed by atoms with Crippen LogP contribution >= 0.6 is 11.8 Å². The fraction of sp³-hybridized carbons (Fsp3) is 0.360. The molecule has 7 nitrogen and oxygen atoms in total. The first kappa shape index (κ1) is 24.5. The van der Waals surface area contributed by atoms with Crippen molar-refractivity contribution >= 4 is 34.7 Å². The summed E-state index contributed by atoms with van der Waals surface area (Å²) >= 11 is 0.921. The molecule has 1 saturated heterocycles. The molecule has 2 amide bonds. The number of carboxylic acids is 1. The molecule has 0 aliphatic carbocycles. The summed E-state index contributed by atoms with van der Waals surface area (Å²) in [5.74, 6) is -1.93. The third-order valence-corrected chi connectivity index (χ3v) is 6.78. The molecular formula is C25H28N2O5S. The lowest BCUT2D eigenvalue weighted by Gasteiger charge is -2.30. The summed E-state index contributed by atoms with van der Waals surface area (Å²) < 4.78 is 0. The average Bonchev–Trinajstić information content (AvgIpc) is 3.23. The summed E-state index contributed by atoms with van der Waals surface area (Å²) in [7, 11) is 0. The van der Waals surface area contributed by atoms with Crippen LogP contribution in [0.15, 0.2) is 54.6 Å². The number of benzene rings is 2. The van der Waals surface area contributed by atoms with E-state index in [1.165, 1.54) is 11.8 Å². The smallest absolute Gasteiger partial charge is 0.326 e. The highest BCUT2D eigenvalue weighted by molar-refractivity contribution is 8.14. The standard InChI is InChI=1S/C25H28N2O5S/c1-16-8-6-7-11-19(16)20-12-13-21(25(31)32)27(20)23(29)15-26-24(30)22(33-17(2)28)14-18-9-4-3-5-10-18/h3-11,20-22H,12-15H2,1-2H3,(H,26,30)(H,31,32)/t20?,21-,22?/m0/s1. The van der Waals surface area contributed by atoms with Crippen molar-refractivity contribution in [3.05, 3.63) is 71.3 Å². The zero-order valence-corrected chi connectivity index (χ0v) is 19.5. The summed E-state index contributed by atoms with van der Waals surface area (Å²) in [5, 5.41) is 11.4. The first-order valence-corrected chi connectivity index (χ1v) is 11.7. The third kappa shape index (κ3) is 6.22. The molecule has 1 aliphatic heterocycles. The van der Waals surface area contributed by atoms with Gasteiger partial charge in [-0.25, -0.2) is 4.79 Å². The lowest BCUT2D eigenvalue weighted by molar-refractivity contribution is -0.149. The Kier molecular flexibility index (Phi) is 8.27. The number of thioether (sulfide) groups is 1. The third-order valence-electron chi connectivity index (χ3n) is 5.78. The van der Waals surface area contributed by atoms with Gasteiger partial charge in [-0.1, -0.05) is 66.4 Å². The van der Waals surface area contributed by atoms with E-state index in [9.17, 15) is 24.3 Å². The van der Waals surface area contributed by atoms with E-state index < -0.39 is 29.1 Å². The van der Waals surface area contributed by atoms with E-state index in [1.54, 1.807) is 0 Å². The van der Waals surface area contributed by atoms with E-state index in [0.717, 1.165) is 28.5 Å². The highest BCUT2D eigenvalue weighted by Crippen LogP contribution is 2.37. The minimum absolute atomic E-state index is 0.192. The first-order chi connectivity index (χ1) is 15.8. The van der Waals surface area contributed by atoms with Gasteiger partial charge >= 0.3 is 5.97 Å². The number of hydrogen-bond donors (Lipinski definition) is 2. The van der Waals surface area contributed by atoms with Crippen molar-refractivity contribution in [2.75, 3.05) is 6.54 Å². The van der Waals surface area contributed by atoms with Gasteiger partial charge in [0.2, 0.25) is 11.8 Å². The Balaban J connectivity index is 1.72. The summed E-state index contributed by atoms with van der Waals surface area (Å²) in [6.45, 7) is 3.01. The van der Waals surface area contributed by atoms with Gasteiger partial charge in [0.25, 0.3) is 0 Å². The highest BCUT2D eigenvalue weighted by Gasteiger charge is 2.42. The van der Waals surface area contributed by atoms with Crippen molar-refractivity contribution < 1.29 is 24.3 Å². The summed E-state index contributed by atoms with van der Waals surface area (Å²) in [6.07, 6.45) is 1.24. The molecule has 0 spiro atoms. The molecule has 2 aromatic carbocycles. The molecule has 1 heterocycles. The topological polar surface area (TPSA) is 104 Å². The average molecular weight is 469 g/mol. The number of hydrogen-bond acceptors (Lipinski definition) is 5. The predicted molar refractivity (Wildman–Crippen MR) is 127 cm³/mol. The van der Waals surface area contributed by atoms with Gasteiger partial charge in [-0.05, 0) is 42.9 Å². The second-order valence-electron chi connectivity index (χ2n) is 8.11. The SMILES string of the molecule is CC(=O)SC(Cc1ccccc1)C(=O)NCC(=O)N1C(c2ccccc2C)CC[C@H]1C(=O)O. The normalized spacial score (nSPS) is 18.5. The maximum absolute atomic E-state index is 13.1. The molecule has 1 fully saturated rings. The minimum Gasteiger partial charge on any atom is -0.480 e. The Bertz CT molecular complexity index is 1030. The molecule has 33 heavy (non-hydrogen) atoms. The number of aliphatic carboxylic acids is 1. The Morgan fingerprint density at radius 3 is 2.36 bits per heavy atom. The molecule has 2 aromatic rings. The Morgan fingerprint density at radius 1 is 1.06 bits per heavy atom. The molecule has 0 bridgehead atoms. The minimum atomic E-state index is -1.06. The number of rotatable bonds is 8. The van der Waals surface area contributed by atoms with Gasteiger partial charge in [-0.15, -0.1) is 0 Å². The van der Waals surface area contributed by atoms with Gasteiger partial charge in [-0.2, -0.15) is 0 Å². The zero-order valence-electron chi connectivity index (χ0n) is 18.7. The maximum Gasteiger partial charge on any atom is 0.326 e. The van der Waals surface area contributed by atoms with E-state index >= 15 is 0 Å². The van der Waals surface area contributed by atoms with Crippen molar-refractivity contribution in [3.63, 3.8) is 0 Å². The molecule has 0 aromatic heterocycles. The van der Waals surface area contributed by atoms with Crippen LogP contribution in [0.25, 0.3) is 0 Å². The van der Waals surface area contributed by atoms with Crippen molar-refractivity contribution in [1.29, 1.82) is 0 Å². The number of carbonyl (C=O) groups excluding carboxylic acids is 3. The number of carboxylic acid groups (broad SMARTS) is 1. The van der Waals surface area contributed by atoms with Gasteiger partial charge in [0.1, 0.15) is 6.04 Å². The van der Waals surface area contributed by atoms with Crippen LogP contribution in [0.3, 0.4) is 0 Å². The number of nitrogens with zero attached hydrogens (tertiary/aromatic N) is 1. The van der Waals surface area contributed by atoms with Gasteiger partial charge in [0.05, 0.1) is 17.8 Å². The molecule has 2 N–H and O–H groups in total. The largest absolute Gasteiger partial charge is 0.480 e. The molecule has 0 radical (unpaired) electrons. The summed E-state index contributed by atoms with van der Waals surface area (Å²) in [6, 6.07) is 15.6. The van der Waals surface area contributed by atoms with Crippen LogP contribution in [0.1, 0.15) is 42.5 Å². The monoisotopic (exact) mass is 468 g/mol. The van der Waals surface area contributed by atoms with Crippen LogP contribution in [0, 0.1) is 6.92 Å².